The Balaban J connectivity index is 2.37. The van der Waals surface area contributed by atoms with Gasteiger partial charge in [-0.25, -0.2) is 9.97 Å². The van der Waals surface area contributed by atoms with Crippen LogP contribution in [0.1, 0.15) is 31.2 Å². The summed E-state index contributed by atoms with van der Waals surface area (Å²) in [5, 5.41) is 3.75. The van der Waals surface area contributed by atoms with Gasteiger partial charge in [-0.3, -0.25) is 0 Å². The van der Waals surface area contributed by atoms with Crippen molar-refractivity contribution in [2.75, 3.05) is 12.4 Å². The zero-order chi connectivity index (χ0) is 14.7. The van der Waals surface area contributed by atoms with Gasteiger partial charge in [0.2, 0.25) is 0 Å². The first-order chi connectivity index (χ1) is 9.51. The number of benzene rings is 1. The largest absolute Gasteiger partial charge is 0.497 e. The van der Waals surface area contributed by atoms with E-state index in [9.17, 15) is 0 Å². The maximum atomic E-state index is 6.17. The molecule has 5 heteroatoms. The molecule has 0 atom stereocenters. The Labute approximate surface area is 124 Å². The maximum absolute atomic E-state index is 6.17. The van der Waals surface area contributed by atoms with Crippen LogP contribution in [0.4, 0.5) is 11.5 Å². The monoisotopic (exact) mass is 291 g/mol. The second-order valence-electron chi connectivity index (χ2n) is 4.86. The second-order valence-corrected chi connectivity index (χ2v) is 5.22. The highest BCUT2D eigenvalue weighted by atomic mass is 35.5. The Bertz CT molecular complexity index is 614. The van der Waals surface area contributed by atoms with E-state index < -0.39 is 0 Å². The highest BCUT2D eigenvalue weighted by Crippen LogP contribution is 2.27. The zero-order valence-electron chi connectivity index (χ0n) is 12.1. The van der Waals surface area contributed by atoms with Gasteiger partial charge < -0.3 is 10.1 Å². The first-order valence-electron chi connectivity index (χ1n) is 6.46. The van der Waals surface area contributed by atoms with Gasteiger partial charge in [-0.15, -0.1) is 0 Å². The third-order valence-electron chi connectivity index (χ3n) is 2.95. The quantitative estimate of drug-likeness (QED) is 0.853. The third kappa shape index (κ3) is 3.20. The lowest BCUT2D eigenvalue weighted by atomic mass is 10.2. The molecule has 0 saturated heterocycles. The molecule has 0 bridgehead atoms. The number of halogens is 1. The van der Waals surface area contributed by atoms with Crippen LogP contribution in [0, 0.1) is 6.92 Å². The first kappa shape index (κ1) is 14.6. The van der Waals surface area contributed by atoms with Crippen LogP contribution in [0.5, 0.6) is 5.75 Å². The van der Waals surface area contributed by atoms with E-state index in [-0.39, 0.29) is 5.92 Å². The molecule has 1 aromatic carbocycles. The Morgan fingerprint density at radius 1 is 1.25 bits per heavy atom. The molecule has 1 heterocycles. The van der Waals surface area contributed by atoms with Gasteiger partial charge in [-0.1, -0.05) is 31.5 Å². The standard InChI is InChI=1S/C15H18ClN3O/c1-9(2)14-18-13(16)10(3)15(19-14)17-11-6-5-7-12(8-11)20-4/h5-9H,1-4H3,(H,17,18,19). The number of rotatable bonds is 4. The molecule has 0 fully saturated rings. The summed E-state index contributed by atoms with van der Waals surface area (Å²) in [6.45, 7) is 5.97. The molecule has 4 nitrogen and oxygen atoms in total. The van der Waals surface area contributed by atoms with E-state index in [1.54, 1.807) is 7.11 Å². The molecule has 0 aliphatic carbocycles. The smallest absolute Gasteiger partial charge is 0.138 e. The fourth-order valence-corrected chi connectivity index (χ4v) is 1.90. The molecule has 0 aliphatic heterocycles. The number of ether oxygens (including phenoxy) is 1. The minimum absolute atomic E-state index is 0.221. The lowest BCUT2D eigenvalue weighted by Gasteiger charge is -2.13. The topological polar surface area (TPSA) is 47.0 Å². The highest BCUT2D eigenvalue weighted by Gasteiger charge is 2.12. The summed E-state index contributed by atoms with van der Waals surface area (Å²) < 4.78 is 5.21. The molecule has 106 valence electrons. The normalized spacial score (nSPS) is 10.7. The van der Waals surface area contributed by atoms with Gasteiger partial charge in [0.15, 0.2) is 0 Å². The molecular weight excluding hydrogens is 274 g/mol. The van der Waals surface area contributed by atoms with Gasteiger partial charge in [0.05, 0.1) is 7.11 Å². The van der Waals surface area contributed by atoms with Crippen molar-refractivity contribution in [1.82, 2.24) is 9.97 Å². The number of hydrogen-bond donors (Lipinski definition) is 1. The minimum Gasteiger partial charge on any atom is -0.497 e. The van der Waals surface area contributed by atoms with Crippen molar-refractivity contribution in [2.45, 2.75) is 26.7 Å². The van der Waals surface area contributed by atoms with Crippen molar-refractivity contribution >= 4 is 23.1 Å². The zero-order valence-corrected chi connectivity index (χ0v) is 12.8. The number of methoxy groups -OCH3 is 1. The summed E-state index contributed by atoms with van der Waals surface area (Å²) in [5.74, 6) is 2.46. The highest BCUT2D eigenvalue weighted by molar-refractivity contribution is 6.30. The molecule has 1 N–H and O–H groups in total. The van der Waals surface area contributed by atoms with Gasteiger partial charge in [-0.05, 0) is 19.1 Å². The number of aromatic nitrogens is 2. The summed E-state index contributed by atoms with van der Waals surface area (Å²) in [4.78, 5) is 8.83. The lowest BCUT2D eigenvalue weighted by Crippen LogP contribution is -2.05. The van der Waals surface area contributed by atoms with Crippen LogP contribution < -0.4 is 10.1 Å². The molecule has 20 heavy (non-hydrogen) atoms. The molecule has 0 aliphatic rings. The molecule has 2 rings (SSSR count). The van der Waals surface area contributed by atoms with E-state index in [0.717, 1.165) is 28.6 Å². The SMILES string of the molecule is COc1cccc(Nc2nc(C(C)C)nc(Cl)c2C)c1. The van der Waals surface area contributed by atoms with Gasteiger partial charge >= 0.3 is 0 Å². The predicted octanol–water partition coefficient (Wildman–Crippen LogP) is 4.31. The van der Waals surface area contributed by atoms with Crippen LogP contribution in [-0.2, 0) is 0 Å². The van der Waals surface area contributed by atoms with Gasteiger partial charge in [0, 0.05) is 23.2 Å². The van der Waals surface area contributed by atoms with Crippen LogP contribution in [-0.4, -0.2) is 17.1 Å². The summed E-state index contributed by atoms with van der Waals surface area (Å²) in [6, 6.07) is 7.67. The van der Waals surface area contributed by atoms with Crippen molar-refractivity contribution in [3.05, 3.63) is 40.8 Å². The second kappa shape index (κ2) is 6.09. The number of nitrogens with one attached hydrogen (secondary N) is 1. The Morgan fingerprint density at radius 2 is 2.00 bits per heavy atom. The van der Waals surface area contributed by atoms with E-state index in [0.29, 0.717) is 5.15 Å². The van der Waals surface area contributed by atoms with Crippen LogP contribution in [0.3, 0.4) is 0 Å². The van der Waals surface area contributed by atoms with E-state index >= 15 is 0 Å². The molecule has 2 aromatic rings. The van der Waals surface area contributed by atoms with Crippen molar-refractivity contribution in [1.29, 1.82) is 0 Å². The van der Waals surface area contributed by atoms with Crippen molar-refractivity contribution < 1.29 is 4.74 Å². The van der Waals surface area contributed by atoms with Crippen LogP contribution in [0.15, 0.2) is 24.3 Å². The summed E-state index contributed by atoms with van der Waals surface area (Å²) in [7, 11) is 1.64. The third-order valence-corrected chi connectivity index (χ3v) is 3.32. The molecule has 1 aromatic heterocycles. The Kier molecular flexibility index (Phi) is 4.45. The first-order valence-corrected chi connectivity index (χ1v) is 6.84. The predicted molar refractivity (Wildman–Crippen MR) is 82.1 cm³/mol. The fourth-order valence-electron chi connectivity index (χ4n) is 1.72. The summed E-state index contributed by atoms with van der Waals surface area (Å²) in [6.07, 6.45) is 0. The van der Waals surface area contributed by atoms with E-state index in [1.165, 1.54) is 0 Å². The van der Waals surface area contributed by atoms with Gasteiger partial charge in [-0.2, -0.15) is 0 Å². The Morgan fingerprint density at radius 3 is 2.65 bits per heavy atom. The molecule has 0 spiro atoms. The molecule has 0 amide bonds. The minimum atomic E-state index is 0.221. The van der Waals surface area contributed by atoms with E-state index in [1.807, 2.05) is 45.0 Å². The van der Waals surface area contributed by atoms with Gasteiger partial charge in [0.25, 0.3) is 0 Å². The van der Waals surface area contributed by atoms with Crippen LogP contribution >= 0.6 is 11.6 Å². The average molecular weight is 292 g/mol. The number of hydrogen-bond acceptors (Lipinski definition) is 4. The van der Waals surface area contributed by atoms with E-state index in [2.05, 4.69) is 15.3 Å². The number of nitrogens with zero attached hydrogens (tertiary/aromatic N) is 2. The maximum Gasteiger partial charge on any atom is 0.138 e. The Hall–Kier alpha value is -1.81. The summed E-state index contributed by atoms with van der Waals surface area (Å²) >= 11 is 6.17. The molecule has 0 radical (unpaired) electrons. The van der Waals surface area contributed by atoms with Crippen LogP contribution in [0.2, 0.25) is 5.15 Å². The lowest BCUT2D eigenvalue weighted by molar-refractivity contribution is 0.415. The van der Waals surface area contributed by atoms with E-state index in [4.69, 9.17) is 16.3 Å². The average Bonchev–Trinajstić information content (AvgIpc) is 2.43. The van der Waals surface area contributed by atoms with Crippen LogP contribution in [0.25, 0.3) is 0 Å². The molecule has 0 saturated carbocycles. The van der Waals surface area contributed by atoms with Gasteiger partial charge in [0.1, 0.15) is 22.5 Å². The summed E-state index contributed by atoms with van der Waals surface area (Å²) in [5.41, 5.74) is 1.73. The molecule has 0 unspecified atom stereocenters. The molecular formula is C15H18ClN3O. The number of anilines is 2. The fraction of sp³-hybridized carbons (Fsp3) is 0.333. The van der Waals surface area contributed by atoms with Crippen molar-refractivity contribution in [3.8, 4) is 5.75 Å². The van der Waals surface area contributed by atoms with Crippen molar-refractivity contribution in [3.63, 3.8) is 0 Å². The van der Waals surface area contributed by atoms with Crippen molar-refractivity contribution in [2.24, 2.45) is 0 Å².